The zero-order chi connectivity index (χ0) is 18.4. The molecule has 0 heterocycles. The minimum atomic E-state index is -0.0917. The maximum atomic E-state index is 13.2. The second kappa shape index (κ2) is 9.92. The van der Waals surface area contributed by atoms with E-state index in [0.29, 0.717) is 5.56 Å². The van der Waals surface area contributed by atoms with E-state index in [-0.39, 0.29) is 30.8 Å². The molecule has 3 aromatic carbocycles. The Bertz CT molecular complexity index is 835. The van der Waals surface area contributed by atoms with E-state index in [0.717, 1.165) is 16.9 Å². The molecule has 0 saturated carbocycles. The average molecular weight is 351 g/mol. The first-order valence-electron chi connectivity index (χ1n) is 8.60. The van der Waals surface area contributed by atoms with Crippen LogP contribution in [0.25, 0.3) is 0 Å². The summed E-state index contributed by atoms with van der Waals surface area (Å²) in [6.07, 6.45) is 0. The fraction of sp³-hybridized carbons (Fsp3) is 0.130. The van der Waals surface area contributed by atoms with Crippen LogP contribution in [0, 0.1) is 6.54 Å². The van der Waals surface area contributed by atoms with Gasteiger partial charge in [-0.1, -0.05) is 42.9 Å². The van der Waals surface area contributed by atoms with Gasteiger partial charge in [0.25, 0.3) is 0 Å². The van der Waals surface area contributed by atoms with Crippen molar-refractivity contribution in [2.24, 2.45) is 0 Å². The molecule has 0 unspecified atom stereocenters. The molecule has 3 nitrogen and oxygen atoms in total. The summed E-state index contributed by atoms with van der Waals surface area (Å²) in [4.78, 5) is 15.0. The largest absolute Gasteiger partial charge is 1.00 e. The van der Waals surface area contributed by atoms with E-state index in [1.807, 2.05) is 74.1 Å². The van der Waals surface area contributed by atoms with Gasteiger partial charge < -0.3 is 9.64 Å². The van der Waals surface area contributed by atoms with Crippen LogP contribution in [0.5, 0.6) is 5.75 Å². The van der Waals surface area contributed by atoms with Gasteiger partial charge in [-0.2, -0.15) is 17.7 Å². The number of hydrogen-bond acceptors (Lipinski definition) is 2. The Kier molecular flexibility index (Phi) is 7.61. The molecule has 0 bridgehead atoms. The molecule has 0 spiro atoms. The summed E-state index contributed by atoms with van der Waals surface area (Å²) in [5, 5.41) is 0. The number of rotatable bonds is 6. The van der Waals surface area contributed by atoms with Crippen LogP contribution in [0.2, 0.25) is 0 Å². The Morgan fingerprint density at radius 3 is 2.00 bits per heavy atom. The van der Waals surface area contributed by atoms with Gasteiger partial charge in [-0.05, 0) is 36.8 Å². The summed E-state index contributed by atoms with van der Waals surface area (Å²) in [6.45, 7) is 3.94. The summed E-state index contributed by atoms with van der Waals surface area (Å²) in [5.41, 5.74) is 2.69. The van der Waals surface area contributed by atoms with Gasteiger partial charge in [0.15, 0.2) is 0 Å². The minimum absolute atomic E-state index is 0. The summed E-state index contributed by atoms with van der Waals surface area (Å²) < 4.78 is 5.19. The maximum absolute atomic E-state index is 13.2. The second-order valence-corrected chi connectivity index (χ2v) is 6.07. The van der Waals surface area contributed by atoms with E-state index in [9.17, 15) is 4.79 Å². The third-order valence-corrected chi connectivity index (χ3v) is 4.36. The molecule has 0 N–H and O–H groups in total. The molecule has 0 radical (unpaired) electrons. The zero-order valence-corrected chi connectivity index (χ0v) is 16.0. The van der Waals surface area contributed by atoms with Gasteiger partial charge in [0.05, 0.1) is 7.11 Å². The van der Waals surface area contributed by atoms with Crippen molar-refractivity contribution in [3.63, 3.8) is 0 Å². The van der Waals surface area contributed by atoms with Crippen molar-refractivity contribution in [1.82, 2.24) is 4.90 Å². The number of ether oxygens (including phenoxy) is 1. The van der Waals surface area contributed by atoms with E-state index in [1.165, 1.54) is 0 Å². The van der Waals surface area contributed by atoms with Crippen LogP contribution in [0.4, 0.5) is 0 Å². The van der Waals surface area contributed by atoms with Crippen LogP contribution >= 0.6 is 0 Å². The van der Waals surface area contributed by atoms with Crippen LogP contribution < -0.4 is 23.6 Å². The van der Waals surface area contributed by atoms with Crippen LogP contribution in [-0.4, -0.2) is 17.9 Å². The van der Waals surface area contributed by atoms with Crippen LogP contribution in [0.15, 0.2) is 84.9 Å². The van der Waals surface area contributed by atoms with E-state index >= 15 is 0 Å². The molecule has 0 saturated heterocycles. The molecule has 4 heteroatoms. The van der Waals surface area contributed by atoms with Crippen molar-refractivity contribution in [2.75, 3.05) is 7.11 Å². The van der Waals surface area contributed by atoms with E-state index in [2.05, 4.69) is 0 Å². The van der Waals surface area contributed by atoms with Crippen molar-refractivity contribution < 1.29 is 28.4 Å². The summed E-state index contributed by atoms with van der Waals surface area (Å²) in [7, 11) is 1.61. The third kappa shape index (κ3) is 5.20. The Balaban J connectivity index is 0.00000261. The van der Waals surface area contributed by atoms with Gasteiger partial charge in [0.1, 0.15) is 5.75 Å². The molecule has 3 rings (SSSR count). The van der Waals surface area contributed by atoms with E-state index in [1.54, 1.807) is 36.3 Å². The van der Waals surface area contributed by atoms with Crippen LogP contribution in [0.1, 0.15) is 34.5 Å². The van der Waals surface area contributed by atoms with Crippen molar-refractivity contribution >= 4 is 5.91 Å². The summed E-state index contributed by atoms with van der Waals surface area (Å²) >= 11 is 0. The normalized spacial score (nSPS) is 11.0. The smallest absolute Gasteiger partial charge is 0.497 e. The van der Waals surface area contributed by atoms with Gasteiger partial charge in [0.2, 0.25) is 5.91 Å². The molecule has 27 heavy (non-hydrogen) atoms. The molecule has 0 aliphatic heterocycles. The predicted molar refractivity (Wildman–Crippen MR) is 104 cm³/mol. The number of amides is 1. The standard InChI is InChI=1S/C23H22NO2.Li/c1-18(20-11-7-4-8-12-20)24(17-19-9-5-3-6-10-19)23(25)21-13-15-22(26-2)16-14-21;/h3-18H,1-2H3;/q-1;+1/t18-;/m0./s1. The van der Waals surface area contributed by atoms with E-state index in [4.69, 9.17) is 4.74 Å². The quantitative estimate of drug-likeness (QED) is 0.503. The van der Waals surface area contributed by atoms with Gasteiger partial charge in [0, 0.05) is 11.6 Å². The van der Waals surface area contributed by atoms with Crippen molar-refractivity contribution in [1.29, 1.82) is 0 Å². The average Bonchev–Trinajstić information content (AvgIpc) is 2.72. The fourth-order valence-electron chi connectivity index (χ4n) is 2.82. The Hall–Kier alpha value is -2.60. The molecule has 1 atom stereocenters. The first-order valence-corrected chi connectivity index (χ1v) is 8.60. The molecule has 3 aromatic rings. The third-order valence-electron chi connectivity index (χ3n) is 4.36. The predicted octanol–water partition coefficient (Wildman–Crippen LogP) is 2.11. The number of hydrogen-bond donors (Lipinski definition) is 0. The zero-order valence-electron chi connectivity index (χ0n) is 16.0. The Morgan fingerprint density at radius 1 is 0.889 bits per heavy atom. The number of carbonyl (C=O) groups excluding carboxylic acids is 1. The fourth-order valence-corrected chi connectivity index (χ4v) is 2.82. The molecule has 0 fully saturated rings. The molecule has 0 aromatic heterocycles. The van der Waals surface area contributed by atoms with Crippen LogP contribution in [0.3, 0.4) is 0 Å². The summed E-state index contributed by atoms with van der Waals surface area (Å²) in [5.74, 6) is 0.684. The van der Waals surface area contributed by atoms with Gasteiger partial charge in [-0.25, -0.2) is 0 Å². The van der Waals surface area contributed by atoms with Crippen molar-refractivity contribution in [3.05, 3.63) is 108 Å². The first-order chi connectivity index (χ1) is 12.7. The molecule has 0 aliphatic rings. The summed E-state index contributed by atoms with van der Waals surface area (Å²) in [6, 6.07) is 27.0. The minimum Gasteiger partial charge on any atom is -0.497 e. The Morgan fingerprint density at radius 2 is 1.44 bits per heavy atom. The number of carbonyl (C=O) groups is 1. The molecular weight excluding hydrogens is 329 g/mol. The van der Waals surface area contributed by atoms with Crippen molar-refractivity contribution in [2.45, 2.75) is 13.0 Å². The second-order valence-electron chi connectivity index (χ2n) is 6.07. The SMILES string of the molecule is COc1ccc(C(=O)N([CH-]c2ccccc2)[C@@H](C)c2ccccc2)cc1.[Li+]. The number of methoxy groups -OCH3 is 1. The van der Waals surface area contributed by atoms with Crippen molar-refractivity contribution in [3.8, 4) is 5.75 Å². The topological polar surface area (TPSA) is 29.5 Å². The molecular formula is C23H22LiNO2. The number of benzene rings is 3. The van der Waals surface area contributed by atoms with Crippen LogP contribution in [-0.2, 0) is 0 Å². The van der Waals surface area contributed by atoms with E-state index < -0.39 is 0 Å². The molecule has 1 amide bonds. The van der Waals surface area contributed by atoms with Gasteiger partial charge in [-0.15, -0.1) is 12.1 Å². The monoisotopic (exact) mass is 351 g/mol. The molecule has 132 valence electrons. The first kappa shape index (κ1) is 20.7. The number of nitrogens with zero attached hydrogens (tertiary/aromatic N) is 1. The molecule has 0 aliphatic carbocycles. The maximum Gasteiger partial charge on any atom is 1.00 e. The Labute approximate surface area is 173 Å². The van der Waals surface area contributed by atoms with Gasteiger partial charge in [-0.3, -0.25) is 4.79 Å². The van der Waals surface area contributed by atoms with Gasteiger partial charge >= 0.3 is 18.9 Å².